The maximum atomic E-state index is 12.9. The van der Waals surface area contributed by atoms with Gasteiger partial charge in [0.05, 0.1) is 5.92 Å². The van der Waals surface area contributed by atoms with Crippen LogP contribution in [0.2, 0.25) is 0 Å². The number of nitrogens with zero attached hydrogens (tertiary/aromatic N) is 2. The predicted molar refractivity (Wildman–Crippen MR) is 105 cm³/mol. The van der Waals surface area contributed by atoms with E-state index in [2.05, 4.69) is 51.2 Å². The highest BCUT2D eigenvalue weighted by molar-refractivity contribution is 9.10. The summed E-state index contributed by atoms with van der Waals surface area (Å²) >= 11 is 3.57. The molecular weight excluding hydrogens is 376 g/mol. The number of hydrogen-bond donors (Lipinski definition) is 0. The van der Waals surface area contributed by atoms with Crippen LogP contribution in [-0.2, 0) is 17.9 Å². The van der Waals surface area contributed by atoms with Crippen LogP contribution < -0.4 is 0 Å². The van der Waals surface area contributed by atoms with E-state index in [1.165, 1.54) is 5.56 Å². The van der Waals surface area contributed by atoms with Gasteiger partial charge in [0, 0.05) is 31.2 Å². The number of likely N-dealkylation sites (tertiary alicyclic amines) is 1. The largest absolute Gasteiger partial charge is 0.341 e. The van der Waals surface area contributed by atoms with Crippen LogP contribution in [0, 0.1) is 5.92 Å². The topological polar surface area (TPSA) is 23.6 Å². The predicted octanol–water partition coefficient (Wildman–Crippen LogP) is 4.32. The molecule has 0 bridgehead atoms. The third-order valence-electron chi connectivity index (χ3n) is 4.85. The summed E-state index contributed by atoms with van der Waals surface area (Å²) < 4.78 is 1.06. The van der Waals surface area contributed by atoms with Crippen LogP contribution >= 0.6 is 15.9 Å². The Morgan fingerprint density at radius 2 is 1.88 bits per heavy atom. The highest BCUT2D eigenvalue weighted by atomic mass is 79.9. The summed E-state index contributed by atoms with van der Waals surface area (Å²) in [7, 11) is 1.91. The minimum atomic E-state index is 0.102. The van der Waals surface area contributed by atoms with Crippen molar-refractivity contribution in [3.63, 3.8) is 0 Å². The van der Waals surface area contributed by atoms with E-state index < -0.39 is 0 Å². The maximum absolute atomic E-state index is 12.9. The summed E-state index contributed by atoms with van der Waals surface area (Å²) in [6.07, 6.45) is 2.08. The molecule has 1 fully saturated rings. The lowest BCUT2D eigenvalue weighted by molar-refractivity contribution is -0.136. The normalized spacial score (nSPS) is 18.1. The third-order valence-corrected chi connectivity index (χ3v) is 5.62. The van der Waals surface area contributed by atoms with Gasteiger partial charge in [0.15, 0.2) is 0 Å². The molecule has 1 atom stereocenters. The molecule has 1 amide bonds. The van der Waals surface area contributed by atoms with Crippen LogP contribution in [0.15, 0.2) is 59.1 Å². The van der Waals surface area contributed by atoms with Gasteiger partial charge in [0.25, 0.3) is 0 Å². The van der Waals surface area contributed by atoms with Gasteiger partial charge < -0.3 is 4.90 Å². The second-order valence-electron chi connectivity index (χ2n) is 6.85. The number of carbonyl (C=O) groups is 1. The molecule has 0 N–H and O–H groups in total. The van der Waals surface area contributed by atoms with Gasteiger partial charge in [-0.1, -0.05) is 64.5 Å². The molecule has 3 nitrogen and oxygen atoms in total. The van der Waals surface area contributed by atoms with Crippen LogP contribution in [0.1, 0.15) is 24.0 Å². The molecule has 132 valence electrons. The van der Waals surface area contributed by atoms with Gasteiger partial charge in [-0.05, 0) is 36.6 Å². The quantitative estimate of drug-likeness (QED) is 0.745. The fourth-order valence-corrected chi connectivity index (χ4v) is 3.92. The molecule has 1 aliphatic heterocycles. The Morgan fingerprint density at radius 1 is 1.16 bits per heavy atom. The van der Waals surface area contributed by atoms with E-state index in [1.807, 2.05) is 36.2 Å². The van der Waals surface area contributed by atoms with Crippen molar-refractivity contribution in [3.8, 4) is 0 Å². The highest BCUT2D eigenvalue weighted by Crippen LogP contribution is 2.22. The van der Waals surface area contributed by atoms with Crippen LogP contribution in [0.25, 0.3) is 0 Å². The van der Waals surface area contributed by atoms with E-state index in [0.29, 0.717) is 6.54 Å². The summed E-state index contributed by atoms with van der Waals surface area (Å²) in [6, 6.07) is 18.6. The first kappa shape index (κ1) is 18.2. The molecule has 1 aliphatic rings. The highest BCUT2D eigenvalue weighted by Gasteiger charge is 2.28. The van der Waals surface area contributed by atoms with Gasteiger partial charge in [-0.25, -0.2) is 0 Å². The SMILES string of the molecule is CN(Cc1ccccc1Br)C(=O)C1CCCN(Cc2ccccc2)C1. The van der Waals surface area contributed by atoms with Gasteiger partial charge >= 0.3 is 0 Å². The molecule has 0 aromatic heterocycles. The van der Waals surface area contributed by atoms with Gasteiger partial charge in [-0.15, -0.1) is 0 Å². The van der Waals surface area contributed by atoms with Crippen molar-refractivity contribution < 1.29 is 4.79 Å². The first-order valence-electron chi connectivity index (χ1n) is 8.88. The molecular formula is C21H25BrN2O. The van der Waals surface area contributed by atoms with Gasteiger partial charge in [-0.2, -0.15) is 0 Å². The van der Waals surface area contributed by atoms with Crippen molar-refractivity contribution in [1.82, 2.24) is 9.80 Å². The molecule has 0 radical (unpaired) electrons. The van der Waals surface area contributed by atoms with E-state index in [9.17, 15) is 4.79 Å². The lowest BCUT2D eigenvalue weighted by atomic mass is 9.96. The van der Waals surface area contributed by atoms with Crippen molar-refractivity contribution in [2.24, 2.45) is 5.92 Å². The second kappa shape index (κ2) is 8.63. The molecule has 2 aromatic carbocycles. The van der Waals surface area contributed by atoms with Crippen molar-refractivity contribution in [3.05, 3.63) is 70.2 Å². The monoisotopic (exact) mass is 400 g/mol. The van der Waals surface area contributed by atoms with Crippen molar-refractivity contribution in [1.29, 1.82) is 0 Å². The maximum Gasteiger partial charge on any atom is 0.227 e. The number of benzene rings is 2. The standard InChI is InChI=1S/C21H25BrN2O/c1-23(15-18-10-5-6-12-20(18)22)21(25)19-11-7-13-24(16-19)14-17-8-3-2-4-9-17/h2-6,8-10,12,19H,7,11,13-16H2,1H3. The minimum absolute atomic E-state index is 0.102. The fourth-order valence-electron chi connectivity index (χ4n) is 3.51. The number of halogens is 1. The zero-order valence-corrected chi connectivity index (χ0v) is 16.3. The lowest BCUT2D eigenvalue weighted by Crippen LogP contribution is -2.43. The molecule has 3 rings (SSSR count). The Morgan fingerprint density at radius 3 is 2.64 bits per heavy atom. The Balaban J connectivity index is 1.58. The van der Waals surface area contributed by atoms with Crippen LogP contribution in [0.5, 0.6) is 0 Å². The number of amides is 1. The second-order valence-corrected chi connectivity index (χ2v) is 7.70. The van der Waals surface area contributed by atoms with E-state index in [1.54, 1.807) is 0 Å². The van der Waals surface area contributed by atoms with E-state index >= 15 is 0 Å². The Bertz CT molecular complexity index is 704. The van der Waals surface area contributed by atoms with Crippen LogP contribution in [0.4, 0.5) is 0 Å². The minimum Gasteiger partial charge on any atom is -0.341 e. The van der Waals surface area contributed by atoms with Crippen molar-refractivity contribution in [2.45, 2.75) is 25.9 Å². The summed E-state index contributed by atoms with van der Waals surface area (Å²) in [5.74, 6) is 0.360. The molecule has 1 saturated heterocycles. The molecule has 25 heavy (non-hydrogen) atoms. The first-order valence-corrected chi connectivity index (χ1v) is 9.67. The van der Waals surface area contributed by atoms with E-state index in [4.69, 9.17) is 0 Å². The van der Waals surface area contributed by atoms with Crippen molar-refractivity contribution in [2.75, 3.05) is 20.1 Å². The molecule has 2 aromatic rings. The Labute approximate surface area is 158 Å². The van der Waals surface area contributed by atoms with Crippen LogP contribution in [-0.4, -0.2) is 35.8 Å². The fraction of sp³-hybridized carbons (Fsp3) is 0.381. The molecule has 4 heteroatoms. The van der Waals surface area contributed by atoms with Crippen molar-refractivity contribution >= 4 is 21.8 Å². The molecule has 0 spiro atoms. The average Bonchev–Trinajstić information content (AvgIpc) is 2.64. The zero-order chi connectivity index (χ0) is 17.6. The third kappa shape index (κ3) is 4.93. The number of hydrogen-bond acceptors (Lipinski definition) is 2. The van der Waals surface area contributed by atoms with Gasteiger partial charge in [-0.3, -0.25) is 9.69 Å². The number of piperidine rings is 1. The molecule has 0 saturated carbocycles. The average molecular weight is 401 g/mol. The summed E-state index contributed by atoms with van der Waals surface area (Å²) in [6.45, 7) is 3.51. The summed E-state index contributed by atoms with van der Waals surface area (Å²) in [5.41, 5.74) is 2.47. The number of rotatable bonds is 5. The Hall–Kier alpha value is -1.65. The van der Waals surface area contributed by atoms with E-state index in [-0.39, 0.29) is 11.8 Å². The number of carbonyl (C=O) groups excluding carboxylic acids is 1. The van der Waals surface area contributed by atoms with Crippen LogP contribution in [0.3, 0.4) is 0 Å². The molecule has 1 unspecified atom stereocenters. The molecule has 1 heterocycles. The Kier molecular flexibility index (Phi) is 6.27. The zero-order valence-electron chi connectivity index (χ0n) is 14.7. The first-order chi connectivity index (χ1) is 12.1. The summed E-state index contributed by atoms with van der Waals surface area (Å²) in [4.78, 5) is 17.2. The molecule has 0 aliphatic carbocycles. The van der Waals surface area contributed by atoms with Gasteiger partial charge in [0.2, 0.25) is 5.91 Å². The van der Waals surface area contributed by atoms with Gasteiger partial charge in [0.1, 0.15) is 0 Å². The van der Waals surface area contributed by atoms with E-state index in [0.717, 1.165) is 42.5 Å². The summed E-state index contributed by atoms with van der Waals surface area (Å²) in [5, 5.41) is 0. The smallest absolute Gasteiger partial charge is 0.227 e. The lowest BCUT2D eigenvalue weighted by Gasteiger charge is -2.34.